The van der Waals surface area contributed by atoms with E-state index in [4.69, 9.17) is 10.5 Å². The Hall–Kier alpha value is -1.33. The SMILES string of the molecule is COc1ccsc1C(N)Cc1cnn(C)c1. The minimum atomic E-state index is -0.0286. The second kappa shape index (κ2) is 4.67. The number of rotatable bonds is 4. The van der Waals surface area contributed by atoms with E-state index in [1.807, 2.05) is 30.9 Å². The highest BCUT2D eigenvalue weighted by molar-refractivity contribution is 7.10. The smallest absolute Gasteiger partial charge is 0.134 e. The topological polar surface area (TPSA) is 53.1 Å². The van der Waals surface area contributed by atoms with Crippen LogP contribution in [-0.2, 0) is 13.5 Å². The van der Waals surface area contributed by atoms with Gasteiger partial charge >= 0.3 is 0 Å². The van der Waals surface area contributed by atoms with Gasteiger partial charge < -0.3 is 10.5 Å². The van der Waals surface area contributed by atoms with E-state index in [9.17, 15) is 0 Å². The Balaban J connectivity index is 2.11. The van der Waals surface area contributed by atoms with Crippen LogP contribution < -0.4 is 10.5 Å². The summed E-state index contributed by atoms with van der Waals surface area (Å²) in [5, 5.41) is 6.12. The van der Waals surface area contributed by atoms with Crippen molar-refractivity contribution in [1.29, 1.82) is 0 Å². The number of hydrogen-bond acceptors (Lipinski definition) is 4. The molecule has 0 aliphatic carbocycles. The van der Waals surface area contributed by atoms with E-state index in [-0.39, 0.29) is 6.04 Å². The fourth-order valence-corrected chi connectivity index (χ4v) is 2.54. The number of aryl methyl sites for hydroxylation is 1. The molecule has 2 aromatic heterocycles. The minimum absolute atomic E-state index is 0.0286. The Morgan fingerprint density at radius 1 is 1.62 bits per heavy atom. The molecule has 0 saturated carbocycles. The van der Waals surface area contributed by atoms with E-state index < -0.39 is 0 Å². The molecule has 2 rings (SSSR count). The second-order valence-electron chi connectivity index (χ2n) is 3.69. The highest BCUT2D eigenvalue weighted by atomic mass is 32.1. The zero-order valence-electron chi connectivity index (χ0n) is 9.38. The normalized spacial score (nSPS) is 12.7. The van der Waals surface area contributed by atoms with Crippen LogP contribution in [0, 0.1) is 0 Å². The molecule has 0 aliphatic heterocycles. The van der Waals surface area contributed by atoms with E-state index in [1.165, 1.54) is 0 Å². The van der Waals surface area contributed by atoms with Crippen molar-refractivity contribution in [3.63, 3.8) is 0 Å². The molecule has 1 atom stereocenters. The first kappa shape index (κ1) is 11.2. The number of nitrogens with zero attached hydrogens (tertiary/aromatic N) is 2. The third kappa shape index (κ3) is 2.25. The predicted octanol–water partition coefficient (Wildman–Crippen LogP) is 1.73. The number of ether oxygens (including phenoxy) is 1. The van der Waals surface area contributed by atoms with Gasteiger partial charge in [0, 0.05) is 19.3 Å². The van der Waals surface area contributed by atoms with Gasteiger partial charge in [-0.25, -0.2) is 0 Å². The molecule has 0 radical (unpaired) electrons. The zero-order chi connectivity index (χ0) is 11.5. The van der Waals surface area contributed by atoms with Gasteiger partial charge in [-0.3, -0.25) is 4.68 Å². The summed E-state index contributed by atoms with van der Waals surface area (Å²) in [4.78, 5) is 1.09. The summed E-state index contributed by atoms with van der Waals surface area (Å²) in [5.41, 5.74) is 7.29. The summed E-state index contributed by atoms with van der Waals surface area (Å²) in [7, 11) is 3.57. The Morgan fingerprint density at radius 2 is 2.44 bits per heavy atom. The lowest BCUT2D eigenvalue weighted by Crippen LogP contribution is -2.12. The number of hydrogen-bond donors (Lipinski definition) is 1. The van der Waals surface area contributed by atoms with Crippen molar-refractivity contribution in [3.05, 3.63) is 34.3 Å². The highest BCUT2D eigenvalue weighted by Crippen LogP contribution is 2.31. The molecule has 86 valence electrons. The van der Waals surface area contributed by atoms with Crippen molar-refractivity contribution in [2.75, 3.05) is 7.11 Å². The monoisotopic (exact) mass is 237 g/mol. The quantitative estimate of drug-likeness (QED) is 0.881. The molecule has 5 heteroatoms. The van der Waals surface area contributed by atoms with Gasteiger partial charge in [0.05, 0.1) is 18.2 Å². The van der Waals surface area contributed by atoms with Crippen molar-refractivity contribution >= 4 is 11.3 Å². The van der Waals surface area contributed by atoms with Crippen LogP contribution >= 0.6 is 11.3 Å². The Kier molecular flexibility index (Phi) is 3.26. The fourth-order valence-electron chi connectivity index (χ4n) is 1.67. The first-order valence-corrected chi connectivity index (χ1v) is 5.93. The molecule has 1 unspecified atom stereocenters. The van der Waals surface area contributed by atoms with E-state index in [1.54, 1.807) is 23.1 Å². The average Bonchev–Trinajstić information content (AvgIpc) is 2.86. The number of methoxy groups -OCH3 is 1. The molecule has 0 aromatic carbocycles. The van der Waals surface area contributed by atoms with E-state index in [2.05, 4.69) is 5.10 Å². The second-order valence-corrected chi connectivity index (χ2v) is 4.63. The lowest BCUT2D eigenvalue weighted by atomic mass is 10.1. The molecule has 4 nitrogen and oxygen atoms in total. The van der Waals surface area contributed by atoms with Crippen molar-refractivity contribution < 1.29 is 4.74 Å². The van der Waals surface area contributed by atoms with E-state index >= 15 is 0 Å². The maximum atomic E-state index is 6.15. The van der Waals surface area contributed by atoms with Gasteiger partial charge in [0.15, 0.2) is 0 Å². The minimum Gasteiger partial charge on any atom is -0.496 e. The molecular weight excluding hydrogens is 222 g/mol. The molecule has 0 amide bonds. The standard InChI is InChI=1S/C11H15N3OS/c1-14-7-8(6-13-14)5-9(12)11-10(15-2)3-4-16-11/h3-4,6-7,9H,5,12H2,1-2H3. The molecule has 0 fully saturated rings. The number of thiophene rings is 1. The van der Waals surface area contributed by atoms with E-state index in [0.29, 0.717) is 0 Å². The van der Waals surface area contributed by atoms with Gasteiger partial charge in [0.1, 0.15) is 5.75 Å². The van der Waals surface area contributed by atoms with Crippen LogP contribution in [0.2, 0.25) is 0 Å². The van der Waals surface area contributed by atoms with Crippen LogP contribution in [-0.4, -0.2) is 16.9 Å². The maximum absolute atomic E-state index is 6.15. The molecule has 0 saturated heterocycles. The number of aromatic nitrogens is 2. The van der Waals surface area contributed by atoms with Crippen LogP contribution in [0.1, 0.15) is 16.5 Å². The summed E-state index contributed by atoms with van der Waals surface area (Å²) >= 11 is 1.63. The molecule has 0 bridgehead atoms. The lowest BCUT2D eigenvalue weighted by Gasteiger charge is -2.10. The molecule has 2 N–H and O–H groups in total. The summed E-state index contributed by atoms with van der Waals surface area (Å²) in [6, 6.07) is 1.92. The van der Waals surface area contributed by atoms with Crippen LogP contribution in [0.15, 0.2) is 23.8 Å². The summed E-state index contributed by atoms with van der Waals surface area (Å²) in [6.07, 6.45) is 4.62. The van der Waals surface area contributed by atoms with Crippen LogP contribution in [0.25, 0.3) is 0 Å². The van der Waals surface area contributed by atoms with Crippen molar-refractivity contribution in [1.82, 2.24) is 9.78 Å². The summed E-state index contributed by atoms with van der Waals surface area (Å²) in [5.74, 6) is 0.876. The van der Waals surface area contributed by atoms with Crippen molar-refractivity contribution in [3.8, 4) is 5.75 Å². The van der Waals surface area contributed by atoms with Crippen molar-refractivity contribution in [2.24, 2.45) is 12.8 Å². The summed E-state index contributed by atoms with van der Waals surface area (Å²) < 4.78 is 7.04. The van der Waals surface area contributed by atoms with Gasteiger partial charge in [-0.05, 0) is 23.4 Å². The molecule has 0 aliphatic rings. The predicted molar refractivity (Wildman–Crippen MR) is 64.7 cm³/mol. The van der Waals surface area contributed by atoms with Crippen LogP contribution in [0.3, 0.4) is 0 Å². The van der Waals surface area contributed by atoms with Gasteiger partial charge in [-0.15, -0.1) is 11.3 Å². The third-order valence-electron chi connectivity index (χ3n) is 2.43. The number of nitrogens with two attached hydrogens (primary N) is 1. The first-order chi connectivity index (χ1) is 7.70. The first-order valence-electron chi connectivity index (χ1n) is 5.05. The molecule has 0 spiro atoms. The van der Waals surface area contributed by atoms with Crippen LogP contribution in [0.5, 0.6) is 5.75 Å². The van der Waals surface area contributed by atoms with Crippen LogP contribution in [0.4, 0.5) is 0 Å². The van der Waals surface area contributed by atoms with Gasteiger partial charge in [-0.2, -0.15) is 5.10 Å². The van der Waals surface area contributed by atoms with Gasteiger partial charge in [0.2, 0.25) is 0 Å². The maximum Gasteiger partial charge on any atom is 0.134 e. The van der Waals surface area contributed by atoms with Gasteiger partial charge in [-0.1, -0.05) is 0 Å². The Bertz CT molecular complexity index is 463. The average molecular weight is 237 g/mol. The Morgan fingerprint density at radius 3 is 3.06 bits per heavy atom. The van der Waals surface area contributed by atoms with Gasteiger partial charge in [0.25, 0.3) is 0 Å². The fraction of sp³-hybridized carbons (Fsp3) is 0.364. The zero-order valence-corrected chi connectivity index (χ0v) is 10.2. The molecule has 2 aromatic rings. The largest absolute Gasteiger partial charge is 0.496 e. The molecule has 16 heavy (non-hydrogen) atoms. The Labute approximate surface area is 98.6 Å². The van der Waals surface area contributed by atoms with Crippen molar-refractivity contribution in [2.45, 2.75) is 12.5 Å². The molecule has 2 heterocycles. The highest BCUT2D eigenvalue weighted by Gasteiger charge is 2.14. The molecular formula is C11H15N3OS. The van der Waals surface area contributed by atoms with E-state index in [0.717, 1.165) is 22.6 Å². The lowest BCUT2D eigenvalue weighted by molar-refractivity contribution is 0.409. The summed E-state index contributed by atoms with van der Waals surface area (Å²) in [6.45, 7) is 0. The third-order valence-corrected chi connectivity index (χ3v) is 3.46.